The van der Waals surface area contributed by atoms with Crippen LogP contribution >= 0.6 is 11.3 Å². The number of aromatic nitrogens is 1. The van der Waals surface area contributed by atoms with E-state index in [2.05, 4.69) is 4.99 Å². The van der Waals surface area contributed by atoms with Crippen LogP contribution in [-0.2, 0) is 26.1 Å². The number of halogens is 1. The largest absolute Gasteiger partial charge is 0.383 e. The topological polar surface area (TPSA) is 81.0 Å². The normalized spacial score (nSPS) is 18.2. The number of piperidine rings is 1. The second-order valence-electron chi connectivity index (χ2n) is 8.08. The standard InChI is InChI=1S/C23H26FN3O4S2/c1-16-8-10-18(11-9-16)33(29,30)26-12-4-5-17(15-26)22(28)25-23-27(13-14-31-2)21-19(24)6-3-7-20(21)32-23/h3,6-11,17H,4-5,12-15H2,1-2H3. The molecule has 0 spiro atoms. The zero-order chi connectivity index (χ0) is 23.6. The number of hydrogen-bond acceptors (Lipinski definition) is 5. The van der Waals surface area contributed by atoms with Crippen molar-refractivity contribution in [2.75, 3.05) is 26.8 Å². The molecule has 1 atom stereocenters. The van der Waals surface area contributed by atoms with E-state index in [4.69, 9.17) is 4.74 Å². The number of aryl methyl sites for hydroxylation is 1. The number of sulfonamides is 1. The summed E-state index contributed by atoms with van der Waals surface area (Å²) in [5, 5.41) is 0. The van der Waals surface area contributed by atoms with E-state index in [1.54, 1.807) is 48.1 Å². The van der Waals surface area contributed by atoms with E-state index in [-0.39, 0.29) is 17.3 Å². The number of ether oxygens (including phenoxy) is 1. The monoisotopic (exact) mass is 491 g/mol. The molecule has 1 aliphatic rings. The zero-order valence-corrected chi connectivity index (χ0v) is 20.2. The minimum absolute atomic E-state index is 0.0792. The lowest BCUT2D eigenvalue weighted by atomic mass is 9.99. The van der Waals surface area contributed by atoms with Crippen molar-refractivity contribution in [1.82, 2.24) is 8.87 Å². The molecule has 4 rings (SSSR count). The Balaban J connectivity index is 1.63. The van der Waals surface area contributed by atoms with E-state index in [9.17, 15) is 17.6 Å². The quantitative estimate of drug-likeness (QED) is 0.530. The van der Waals surface area contributed by atoms with Crippen molar-refractivity contribution < 1.29 is 22.3 Å². The Hall–Kier alpha value is -2.40. The summed E-state index contributed by atoms with van der Waals surface area (Å²) in [6.45, 7) is 3.03. The van der Waals surface area contributed by atoms with Crippen molar-refractivity contribution in [2.24, 2.45) is 10.9 Å². The van der Waals surface area contributed by atoms with Gasteiger partial charge in [-0.15, -0.1) is 0 Å². The molecule has 1 saturated heterocycles. The molecule has 1 aliphatic heterocycles. The number of carbonyl (C=O) groups excluding carboxylic acids is 1. The molecule has 1 amide bonds. The second kappa shape index (κ2) is 9.84. The Morgan fingerprint density at radius 1 is 1.24 bits per heavy atom. The summed E-state index contributed by atoms with van der Waals surface area (Å²) in [5.74, 6) is -1.33. The van der Waals surface area contributed by atoms with E-state index < -0.39 is 21.8 Å². The van der Waals surface area contributed by atoms with E-state index in [1.807, 2.05) is 6.92 Å². The molecule has 3 aromatic rings. The van der Waals surface area contributed by atoms with Crippen molar-refractivity contribution in [3.63, 3.8) is 0 Å². The third-order valence-corrected chi connectivity index (χ3v) is 8.69. The van der Waals surface area contributed by atoms with Crippen LogP contribution in [0.25, 0.3) is 10.2 Å². The van der Waals surface area contributed by atoms with Crippen LogP contribution in [0.5, 0.6) is 0 Å². The number of carbonyl (C=O) groups is 1. The summed E-state index contributed by atoms with van der Waals surface area (Å²) in [7, 11) is -2.14. The predicted octanol–water partition coefficient (Wildman–Crippen LogP) is 3.32. The molecule has 0 aliphatic carbocycles. The van der Waals surface area contributed by atoms with E-state index >= 15 is 0 Å². The van der Waals surface area contributed by atoms with Crippen molar-refractivity contribution in [3.8, 4) is 0 Å². The molecule has 10 heteroatoms. The van der Waals surface area contributed by atoms with Gasteiger partial charge in [-0.25, -0.2) is 12.8 Å². The molecule has 1 unspecified atom stereocenters. The first-order valence-electron chi connectivity index (χ1n) is 10.7. The SMILES string of the molecule is COCCn1c(=NC(=O)C2CCCN(S(=O)(=O)c3ccc(C)cc3)C2)sc2cccc(F)c21. The van der Waals surface area contributed by atoms with Gasteiger partial charge in [-0.3, -0.25) is 4.79 Å². The van der Waals surface area contributed by atoms with Crippen LogP contribution in [0, 0.1) is 18.7 Å². The highest BCUT2D eigenvalue weighted by molar-refractivity contribution is 7.89. The Morgan fingerprint density at radius 2 is 2.00 bits per heavy atom. The number of rotatable bonds is 6. The Morgan fingerprint density at radius 3 is 2.73 bits per heavy atom. The lowest BCUT2D eigenvalue weighted by Crippen LogP contribution is -2.42. The maximum absolute atomic E-state index is 14.5. The molecule has 33 heavy (non-hydrogen) atoms. The number of para-hydroxylation sites is 1. The highest BCUT2D eigenvalue weighted by Crippen LogP contribution is 2.25. The first kappa shape index (κ1) is 23.7. The number of methoxy groups -OCH3 is 1. The smallest absolute Gasteiger partial charge is 0.252 e. The second-order valence-corrected chi connectivity index (χ2v) is 11.0. The number of benzene rings is 2. The van der Waals surface area contributed by atoms with Crippen LogP contribution in [0.1, 0.15) is 18.4 Å². The zero-order valence-electron chi connectivity index (χ0n) is 18.5. The minimum Gasteiger partial charge on any atom is -0.383 e. The lowest BCUT2D eigenvalue weighted by Gasteiger charge is -2.30. The van der Waals surface area contributed by atoms with Gasteiger partial charge >= 0.3 is 0 Å². The van der Waals surface area contributed by atoms with Gasteiger partial charge < -0.3 is 9.30 Å². The van der Waals surface area contributed by atoms with Crippen LogP contribution < -0.4 is 4.80 Å². The summed E-state index contributed by atoms with van der Waals surface area (Å²) in [5.41, 5.74) is 1.36. The molecule has 2 heterocycles. The van der Waals surface area contributed by atoms with Gasteiger partial charge in [-0.1, -0.05) is 35.1 Å². The number of thiazole rings is 1. The molecule has 0 saturated carbocycles. The van der Waals surface area contributed by atoms with Gasteiger partial charge in [0.05, 0.1) is 27.6 Å². The van der Waals surface area contributed by atoms with Gasteiger partial charge in [0.25, 0.3) is 5.91 Å². The van der Waals surface area contributed by atoms with Crippen molar-refractivity contribution in [2.45, 2.75) is 31.2 Å². The van der Waals surface area contributed by atoms with Gasteiger partial charge in [0, 0.05) is 26.7 Å². The number of hydrogen-bond donors (Lipinski definition) is 0. The number of amides is 1. The summed E-state index contributed by atoms with van der Waals surface area (Å²) in [6.07, 6.45) is 1.13. The van der Waals surface area contributed by atoms with E-state index in [0.717, 1.165) is 5.56 Å². The van der Waals surface area contributed by atoms with E-state index in [0.29, 0.717) is 47.6 Å². The average molecular weight is 492 g/mol. The molecular weight excluding hydrogens is 465 g/mol. The molecule has 0 bridgehead atoms. The molecule has 176 valence electrons. The third-order valence-electron chi connectivity index (χ3n) is 5.77. The number of nitrogens with zero attached hydrogens (tertiary/aromatic N) is 3. The summed E-state index contributed by atoms with van der Waals surface area (Å²) in [6, 6.07) is 11.5. The summed E-state index contributed by atoms with van der Waals surface area (Å²) < 4.78 is 49.5. The molecule has 0 N–H and O–H groups in total. The molecule has 7 nitrogen and oxygen atoms in total. The van der Waals surface area contributed by atoms with Crippen LogP contribution in [-0.4, -0.2) is 50.0 Å². The Labute approximate surface area is 196 Å². The number of fused-ring (bicyclic) bond motifs is 1. The average Bonchev–Trinajstić information content (AvgIpc) is 3.16. The predicted molar refractivity (Wildman–Crippen MR) is 125 cm³/mol. The third kappa shape index (κ3) is 4.93. The highest BCUT2D eigenvalue weighted by Gasteiger charge is 2.33. The van der Waals surface area contributed by atoms with Crippen molar-refractivity contribution >= 4 is 37.5 Å². The fourth-order valence-electron chi connectivity index (χ4n) is 3.97. The first-order valence-corrected chi connectivity index (χ1v) is 13.0. The fourth-order valence-corrected chi connectivity index (χ4v) is 6.57. The van der Waals surface area contributed by atoms with Crippen molar-refractivity contribution in [1.29, 1.82) is 0 Å². The van der Waals surface area contributed by atoms with Crippen LogP contribution in [0.15, 0.2) is 52.4 Å². The minimum atomic E-state index is -3.69. The molecule has 1 fully saturated rings. The van der Waals surface area contributed by atoms with Gasteiger partial charge in [0.1, 0.15) is 5.82 Å². The molecule has 0 radical (unpaired) electrons. The van der Waals surface area contributed by atoms with Crippen molar-refractivity contribution in [3.05, 3.63) is 58.6 Å². The van der Waals surface area contributed by atoms with Crippen LogP contribution in [0.4, 0.5) is 4.39 Å². The summed E-state index contributed by atoms with van der Waals surface area (Å²) >= 11 is 1.23. The van der Waals surface area contributed by atoms with Gasteiger partial charge in [0.2, 0.25) is 10.0 Å². The van der Waals surface area contributed by atoms with Gasteiger partial charge in [-0.2, -0.15) is 9.30 Å². The first-order chi connectivity index (χ1) is 15.8. The summed E-state index contributed by atoms with van der Waals surface area (Å²) in [4.78, 5) is 18.0. The van der Waals surface area contributed by atoms with Gasteiger partial charge in [-0.05, 0) is 44.0 Å². The fraction of sp³-hybridized carbons (Fsp3) is 0.391. The Bertz CT molecular complexity index is 1330. The van der Waals surface area contributed by atoms with E-state index in [1.165, 1.54) is 21.7 Å². The van der Waals surface area contributed by atoms with Gasteiger partial charge in [0.15, 0.2) is 4.80 Å². The van der Waals surface area contributed by atoms with Crippen LogP contribution in [0.3, 0.4) is 0 Å². The highest BCUT2D eigenvalue weighted by atomic mass is 32.2. The maximum Gasteiger partial charge on any atom is 0.252 e. The molecule has 1 aromatic heterocycles. The lowest BCUT2D eigenvalue weighted by molar-refractivity contribution is -0.122. The molecular formula is C23H26FN3O4S2. The maximum atomic E-state index is 14.5. The van der Waals surface area contributed by atoms with Crippen LogP contribution in [0.2, 0.25) is 0 Å². The molecule has 2 aromatic carbocycles. The Kier molecular flexibility index (Phi) is 7.08.